The van der Waals surface area contributed by atoms with E-state index in [0.717, 1.165) is 5.69 Å². The first-order chi connectivity index (χ1) is 13.5. The minimum Gasteiger partial charge on any atom is -0.326 e. The largest absolute Gasteiger partial charge is 0.326 e. The molecule has 3 rings (SSSR count). The van der Waals surface area contributed by atoms with Crippen molar-refractivity contribution in [2.24, 2.45) is 0 Å². The predicted octanol–water partition coefficient (Wildman–Crippen LogP) is 3.30. The maximum absolute atomic E-state index is 12.3. The molecule has 28 heavy (non-hydrogen) atoms. The zero-order valence-electron chi connectivity index (χ0n) is 14.9. The number of carbonyl (C=O) groups excluding carboxylic acids is 2. The van der Waals surface area contributed by atoms with Gasteiger partial charge in [-0.3, -0.25) is 9.59 Å². The van der Waals surface area contributed by atoms with Gasteiger partial charge in [0.15, 0.2) is 0 Å². The van der Waals surface area contributed by atoms with E-state index in [0.29, 0.717) is 28.5 Å². The molecule has 1 aromatic heterocycles. The van der Waals surface area contributed by atoms with E-state index >= 15 is 0 Å². The molecule has 0 spiro atoms. The Labute approximate surface area is 161 Å². The molecule has 0 unspecified atom stereocenters. The van der Waals surface area contributed by atoms with Crippen LogP contribution in [0, 0.1) is 11.3 Å². The molecule has 3 N–H and O–H groups in total. The first-order valence-corrected chi connectivity index (χ1v) is 8.32. The zero-order chi connectivity index (χ0) is 19.9. The predicted molar refractivity (Wildman–Crippen MR) is 105 cm³/mol. The van der Waals surface area contributed by atoms with Crippen molar-refractivity contribution in [3.63, 3.8) is 0 Å². The van der Waals surface area contributed by atoms with Crippen LogP contribution in [0.3, 0.4) is 0 Å². The summed E-state index contributed by atoms with van der Waals surface area (Å²) in [6, 6.07) is 15.6. The zero-order valence-corrected chi connectivity index (χ0v) is 14.9. The molecule has 0 atom stereocenters. The van der Waals surface area contributed by atoms with Crippen LogP contribution in [-0.2, 0) is 4.79 Å². The molecule has 8 nitrogen and oxygen atoms in total. The van der Waals surface area contributed by atoms with Gasteiger partial charge < -0.3 is 16.0 Å². The molecule has 1 heterocycles. The van der Waals surface area contributed by atoms with E-state index in [1.165, 1.54) is 19.3 Å². The number of nitriles is 1. The number of benzene rings is 2. The topological polar surface area (TPSA) is 120 Å². The van der Waals surface area contributed by atoms with Crippen LogP contribution in [-0.4, -0.2) is 21.8 Å². The first-order valence-electron chi connectivity index (χ1n) is 8.32. The van der Waals surface area contributed by atoms with Gasteiger partial charge in [-0.25, -0.2) is 9.97 Å². The fourth-order valence-corrected chi connectivity index (χ4v) is 2.31. The highest BCUT2D eigenvalue weighted by Crippen LogP contribution is 2.17. The third kappa shape index (κ3) is 4.89. The smallest absolute Gasteiger partial charge is 0.258 e. The van der Waals surface area contributed by atoms with Gasteiger partial charge in [-0.05, 0) is 48.5 Å². The average molecular weight is 372 g/mol. The number of nitrogens with zero attached hydrogens (tertiary/aromatic N) is 3. The molecule has 3 aromatic rings. The normalized spacial score (nSPS) is 9.86. The van der Waals surface area contributed by atoms with Crippen LogP contribution in [0.1, 0.15) is 22.8 Å². The number of carbonyl (C=O) groups is 2. The minimum atomic E-state index is -0.351. The van der Waals surface area contributed by atoms with Gasteiger partial charge in [-0.15, -0.1) is 0 Å². The summed E-state index contributed by atoms with van der Waals surface area (Å²) in [5.74, 6) is -0.156. The Morgan fingerprint density at radius 1 is 0.857 bits per heavy atom. The molecule has 0 aliphatic rings. The van der Waals surface area contributed by atoms with Crippen molar-refractivity contribution in [1.82, 2.24) is 9.97 Å². The molecule has 2 amide bonds. The Balaban J connectivity index is 1.61. The molecule has 0 saturated carbocycles. The molecule has 0 bridgehead atoms. The molecular weight excluding hydrogens is 356 g/mol. The van der Waals surface area contributed by atoms with Gasteiger partial charge in [0.25, 0.3) is 5.91 Å². The molecule has 8 heteroatoms. The van der Waals surface area contributed by atoms with E-state index in [9.17, 15) is 9.59 Å². The second-order valence-corrected chi connectivity index (χ2v) is 5.82. The summed E-state index contributed by atoms with van der Waals surface area (Å²) in [5.41, 5.74) is 2.82. The molecule has 0 saturated heterocycles. The first kappa shape index (κ1) is 18.5. The van der Waals surface area contributed by atoms with Crippen molar-refractivity contribution in [3.8, 4) is 6.07 Å². The Kier molecular flexibility index (Phi) is 5.58. The molecule has 0 aliphatic heterocycles. The number of amides is 2. The summed E-state index contributed by atoms with van der Waals surface area (Å²) >= 11 is 0. The van der Waals surface area contributed by atoms with Crippen LogP contribution < -0.4 is 16.0 Å². The number of anilines is 4. The SMILES string of the molecule is CC(=O)Nc1ccc(Nc2ncc(C(=O)Nc3ccc(C#N)cc3)cn2)cc1. The lowest BCUT2D eigenvalue weighted by molar-refractivity contribution is -0.114. The van der Waals surface area contributed by atoms with Gasteiger partial charge in [0.2, 0.25) is 11.9 Å². The molecule has 2 aromatic carbocycles. The summed E-state index contributed by atoms with van der Waals surface area (Å²) in [4.78, 5) is 31.6. The summed E-state index contributed by atoms with van der Waals surface area (Å²) in [5, 5.41) is 17.2. The highest BCUT2D eigenvalue weighted by Gasteiger charge is 2.08. The third-order valence-electron chi connectivity index (χ3n) is 3.65. The van der Waals surface area contributed by atoms with Crippen molar-refractivity contribution in [1.29, 1.82) is 5.26 Å². The number of rotatable bonds is 5. The lowest BCUT2D eigenvalue weighted by atomic mass is 10.2. The monoisotopic (exact) mass is 372 g/mol. The fourth-order valence-electron chi connectivity index (χ4n) is 2.31. The van der Waals surface area contributed by atoms with Crippen LogP contribution in [0.2, 0.25) is 0 Å². The molecule has 0 aliphatic carbocycles. The summed E-state index contributed by atoms with van der Waals surface area (Å²) < 4.78 is 0. The highest BCUT2D eigenvalue weighted by atomic mass is 16.2. The van der Waals surface area contributed by atoms with Crippen LogP contribution >= 0.6 is 0 Å². The van der Waals surface area contributed by atoms with Crippen LogP contribution in [0.4, 0.5) is 23.0 Å². The van der Waals surface area contributed by atoms with E-state index in [1.54, 1.807) is 48.5 Å². The second kappa shape index (κ2) is 8.42. The quantitative estimate of drug-likeness (QED) is 0.632. The van der Waals surface area contributed by atoms with Crippen molar-refractivity contribution in [2.75, 3.05) is 16.0 Å². The summed E-state index contributed by atoms with van der Waals surface area (Å²) in [6.45, 7) is 1.44. The number of aromatic nitrogens is 2. The highest BCUT2D eigenvalue weighted by molar-refractivity contribution is 6.03. The van der Waals surface area contributed by atoms with Crippen molar-refractivity contribution < 1.29 is 9.59 Å². The summed E-state index contributed by atoms with van der Waals surface area (Å²) in [7, 11) is 0. The van der Waals surface area contributed by atoms with E-state index in [2.05, 4.69) is 25.9 Å². The Hall–Kier alpha value is -4.25. The van der Waals surface area contributed by atoms with Gasteiger partial charge in [0.05, 0.1) is 17.2 Å². The van der Waals surface area contributed by atoms with Crippen LogP contribution in [0.25, 0.3) is 0 Å². The van der Waals surface area contributed by atoms with Gasteiger partial charge in [-0.2, -0.15) is 5.26 Å². The average Bonchev–Trinajstić information content (AvgIpc) is 2.70. The lowest BCUT2D eigenvalue weighted by Gasteiger charge is -2.08. The van der Waals surface area contributed by atoms with Gasteiger partial charge in [-0.1, -0.05) is 0 Å². The Bertz CT molecular complexity index is 1020. The molecule has 138 valence electrons. The standard InChI is InChI=1S/C20H16N6O2/c1-13(27)24-16-6-8-18(9-7-16)26-20-22-11-15(12-23-20)19(28)25-17-4-2-14(10-21)3-5-17/h2-9,11-12H,1H3,(H,24,27)(H,25,28)(H,22,23,26). The third-order valence-corrected chi connectivity index (χ3v) is 3.65. The lowest BCUT2D eigenvalue weighted by Crippen LogP contribution is -2.13. The minimum absolute atomic E-state index is 0.140. The van der Waals surface area contributed by atoms with Gasteiger partial charge in [0, 0.05) is 36.4 Å². The van der Waals surface area contributed by atoms with E-state index in [1.807, 2.05) is 6.07 Å². The van der Waals surface area contributed by atoms with Gasteiger partial charge >= 0.3 is 0 Å². The van der Waals surface area contributed by atoms with Crippen LogP contribution in [0.5, 0.6) is 0 Å². The number of hydrogen-bond acceptors (Lipinski definition) is 6. The fraction of sp³-hybridized carbons (Fsp3) is 0.0500. The van der Waals surface area contributed by atoms with Crippen molar-refractivity contribution >= 4 is 34.8 Å². The molecule has 0 radical (unpaired) electrons. The molecular formula is C20H16N6O2. The second-order valence-electron chi connectivity index (χ2n) is 5.82. The molecule has 0 fully saturated rings. The maximum atomic E-state index is 12.3. The Morgan fingerprint density at radius 2 is 1.39 bits per heavy atom. The van der Waals surface area contributed by atoms with Crippen LogP contribution in [0.15, 0.2) is 60.9 Å². The van der Waals surface area contributed by atoms with E-state index < -0.39 is 0 Å². The van der Waals surface area contributed by atoms with Crippen molar-refractivity contribution in [2.45, 2.75) is 6.92 Å². The van der Waals surface area contributed by atoms with E-state index in [4.69, 9.17) is 5.26 Å². The number of hydrogen-bond donors (Lipinski definition) is 3. The maximum Gasteiger partial charge on any atom is 0.258 e. The van der Waals surface area contributed by atoms with Crippen molar-refractivity contribution in [3.05, 3.63) is 72.1 Å². The van der Waals surface area contributed by atoms with Gasteiger partial charge in [0.1, 0.15) is 0 Å². The summed E-state index contributed by atoms with van der Waals surface area (Å²) in [6.07, 6.45) is 2.83. The Morgan fingerprint density at radius 3 is 1.96 bits per heavy atom. The number of nitrogens with one attached hydrogen (secondary N) is 3. The van der Waals surface area contributed by atoms with E-state index in [-0.39, 0.29) is 11.8 Å².